The smallest absolute Gasteiger partial charge is 0.241 e. The predicted octanol–water partition coefficient (Wildman–Crippen LogP) is 5.11. The molecule has 5 rings (SSSR count). The third-order valence-electron chi connectivity index (χ3n) is 8.42. The highest BCUT2D eigenvalue weighted by Crippen LogP contribution is 2.31. The minimum absolute atomic E-state index is 0.0738. The Hall–Kier alpha value is -2.74. The van der Waals surface area contributed by atoms with Crippen molar-refractivity contribution in [1.29, 1.82) is 0 Å². The van der Waals surface area contributed by atoms with E-state index in [9.17, 15) is 13.2 Å². The number of piperidine rings is 1. The van der Waals surface area contributed by atoms with E-state index >= 15 is 0 Å². The number of carbonyl (C=O) groups excluding carboxylic acids is 1. The Kier molecular flexibility index (Phi) is 7.89. The highest BCUT2D eigenvalue weighted by atomic mass is 32.2. The molecule has 1 fully saturated rings. The highest BCUT2D eigenvalue weighted by molar-refractivity contribution is 7.89. The lowest BCUT2D eigenvalue weighted by Crippen LogP contribution is -2.54. The van der Waals surface area contributed by atoms with Gasteiger partial charge in [0.25, 0.3) is 0 Å². The van der Waals surface area contributed by atoms with E-state index in [-0.39, 0.29) is 22.8 Å². The number of likely N-dealkylation sites (tertiary alicyclic amines) is 1. The predicted molar refractivity (Wildman–Crippen MR) is 152 cm³/mol. The monoisotopic (exact) mass is 533 g/mol. The van der Waals surface area contributed by atoms with Crippen molar-refractivity contribution in [3.63, 3.8) is 0 Å². The lowest BCUT2D eigenvalue weighted by molar-refractivity contribution is -0.125. The Morgan fingerprint density at radius 1 is 0.921 bits per heavy atom. The van der Waals surface area contributed by atoms with Gasteiger partial charge >= 0.3 is 0 Å². The molecule has 1 aliphatic carbocycles. The molecule has 6 nitrogen and oxygen atoms in total. The molecule has 2 N–H and O–H groups in total. The van der Waals surface area contributed by atoms with Gasteiger partial charge in [-0.2, -0.15) is 4.72 Å². The van der Waals surface area contributed by atoms with Crippen LogP contribution in [-0.2, 0) is 21.2 Å². The Balaban J connectivity index is 1.45. The van der Waals surface area contributed by atoms with Crippen molar-refractivity contribution in [3.05, 3.63) is 77.4 Å². The first-order valence-corrected chi connectivity index (χ1v) is 15.4. The highest BCUT2D eigenvalue weighted by Gasteiger charge is 2.37. The lowest BCUT2D eigenvalue weighted by Gasteiger charge is -2.38. The van der Waals surface area contributed by atoms with Gasteiger partial charge in [-0.1, -0.05) is 54.6 Å². The number of benzene rings is 3. The number of hydrogen-bond acceptors (Lipinski definition) is 4. The molecule has 2 aliphatic rings. The number of aryl methyl sites for hydroxylation is 2. The number of hydrogen-bond donors (Lipinski definition) is 2. The van der Waals surface area contributed by atoms with Crippen molar-refractivity contribution in [1.82, 2.24) is 14.9 Å². The van der Waals surface area contributed by atoms with Crippen LogP contribution in [0.4, 0.5) is 0 Å². The first-order chi connectivity index (χ1) is 18.2. The van der Waals surface area contributed by atoms with Crippen molar-refractivity contribution in [2.75, 3.05) is 13.1 Å². The van der Waals surface area contributed by atoms with Gasteiger partial charge in [0.2, 0.25) is 15.9 Å². The van der Waals surface area contributed by atoms with Gasteiger partial charge in [0.05, 0.1) is 10.9 Å². The zero-order chi connectivity index (χ0) is 26.9. The van der Waals surface area contributed by atoms with Crippen LogP contribution in [0.2, 0.25) is 0 Å². The zero-order valence-electron chi connectivity index (χ0n) is 22.6. The summed E-state index contributed by atoms with van der Waals surface area (Å²) in [7, 11) is -3.95. The molecule has 202 valence electrons. The minimum atomic E-state index is -3.95. The summed E-state index contributed by atoms with van der Waals surface area (Å²) in [5, 5.41) is 4.83. The van der Waals surface area contributed by atoms with E-state index in [0.29, 0.717) is 11.4 Å². The number of nitrogens with one attached hydrogen (secondary N) is 2. The maximum absolute atomic E-state index is 13.9. The van der Waals surface area contributed by atoms with E-state index in [1.165, 1.54) is 5.56 Å². The van der Waals surface area contributed by atoms with Crippen LogP contribution >= 0.6 is 0 Å². The number of rotatable bonds is 7. The average molecular weight is 534 g/mol. The minimum Gasteiger partial charge on any atom is -0.348 e. The Labute approximate surface area is 226 Å². The third kappa shape index (κ3) is 5.51. The fourth-order valence-electron chi connectivity index (χ4n) is 6.19. The van der Waals surface area contributed by atoms with Gasteiger partial charge in [0.15, 0.2) is 0 Å². The molecule has 0 spiro atoms. The second kappa shape index (κ2) is 11.2. The largest absolute Gasteiger partial charge is 0.348 e. The quantitative estimate of drug-likeness (QED) is 0.443. The second-order valence-electron chi connectivity index (χ2n) is 11.1. The van der Waals surface area contributed by atoms with Gasteiger partial charge in [-0.15, -0.1) is 0 Å². The van der Waals surface area contributed by atoms with E-state index < -0.39 is 16.1 Å². The molecule has 0 bridgehead atoms. The van der Waals surface area contributed by atoms with Gasteiger partial charge in [0.1, 0.15) is 6.04 Å². The van der Waals surface area contributed by atoms with Gasteiger partial charge < -0.3 is 10.2 Å². The van der Waals surface area contributed by atoms with Crippen molar-refractivity contribution in [2.45, 2.75) is 75.9 Å². The summed E-state index contributed by atoms with van der Waals surface area (Å²) >= 11 is 0. The fourth-order valence-corrected chi connectivity index (χ4v) is 7.66. The summed E-state index contributed by atoms with van der Waals surface area (Å²) in [5.41, 5.74) is 3.43. The van der Waals surface area contributed by atoms with Gasteiger partial charge in [-0.25, -0.2) is 8.42 Å². The summed E-state index contributed by atoms with van der Waals surface area (Å²) in [6.45, 7) is 8.04. The van der Waals surface area contributed by atoms with E-state index in [1.807, 2.05) is 49.4 Å². The molecule has 0 aromatic heterocycles. The van der Waals surface area contributed by atoms with Crippen molar-refractivity contribution < 1.29 is 13.2 Å². The van der Waals surface area contributed by atoms with Crippen LogP contribution in [-0.4, -0.2) is 44.4 Å². The maximum atomic E-state index is 13.9. The van der Waals surface area contributed by atoms with Crippen LogP contribution in [0.5, 0.6) is 0 Å². The molecule has 1 heterocycles. The van der Waals surface area contributed by atoms with Crippen LogP contribution in [0.25, 0.3) is 10.8 Å². The Bertz CT molecular complexity index is 1410. The molecule has 3 aromatic rings. The molecular weight excluding hydrogens is 494 g/mol. The molecule has 3 aromatic carbocycles. The third-order valence-corrected chi connectivity index (χ3v) is 9.92. The number of amides is 1. The summed E-state index contributed by atoms with van der Waals surface area (Å²) in [4.78, 5) is 16.5. The van der Waals surface area contributed by atoms with Crippen LogP contribution in [0.3, 0.4) is 0 Å². The zero-order valence-corrected chi connectivity index (χ0v) is 23.4. The molecule has 1 amide bonds. The van der Waals surface area contributed by atoms with Gasteiger partial charge in [0, 0.05) is 11.4 Å². The SMILES string of the molecule is Cc1ccc(S(=O)(=O)NC(C(=O)NC2CCCc3ccccc32)C2CCN(C(C)C)CC2)c2ccccc12. The lowest BCUT2D eigenvalue weighted by atomic mass is 9.86. The van der Waals surface area contributed by atoms with Gasteiger partial charge in [-0.05, 0) is 100 Å². The van der Waals surface area contributed by atoms with E-state index in [1.54, 1.807) is 6.07 Å². The molecule has 2 unspecified atom stereocenters. The van der Waals surface area contributed by atoms with Crippen molar-refractivity contribution in [3.8, 4) is 0 Å². The summed E-state index contributed by atoms with van der Waals surface area (Å²) < 4.78 is 30.6. The topological polar surface area (TPSA) is 78.5 Å². The molecule has 0 radical (unpaired) electrons. The van der Waals surface area contributed by atoms with Crippen molar-refractivity contribution >= 4 is 26.7 Å². The summed E-state index contributed by atoms with van der Waals surface area (Å²) in [6, 6.07) is 18.8. The Morgan fingerprint density at radius 3 is 2.34 bits per heavy atom. The fraction of sp³-hybridized carbons (Fsp3) is 0.452. The number of nitrogens with zero attached hydrogens (tertiary/aromatic N) is 1. The molecule has 2 atom stereocenters. The van der Waals surface area contributed by atoms with Gasteiger partial charge in [-0.3, -0.25) is 4.79 Å². The molecule has 38 heavy (non-hydrogen) atoms. The standard InChI is InChI=1S/C31H39N3O3S/c1-21(2)34-19-17-24(18-20-34)30(31(35)32-28-14-8-10-23-9-4-5-12-26(23)28)33-38(36,37)29-16-15-22(3)25-11-6-7-13-27(25)29/h4-7,9,11-13,15-16,21,24,28,30,33H,8,10,14,17-20H2,1-3H3,(H,32,35). The van der Waals surface area contributed by atoms with E-state index in [2.05, 4.69) is 40.9 Å². The Morgan fingerprint density at radius 2 is 1.61 bits per heavy atom. The van der Waals surface area contributed by atoms with Crippen LogP contribution < -0.4 is 10.0 Å². The average Bonchev–Trinajstić information content (AvgIpc) is 2.92. The molecule has 1 saturated heterocycles. The van der Waals surface area contributed by atoms with Crippen LogP contribution in [0.15, 0.2) is 65.6 Å². The molecular formula is C31H39N3O3S. The van der Waals surface area contributed by atoms with E-state index in [4.69, 9.17) is 0 Å². The van der Waals surface area contributed by atoms with Crippen molar-refractivity contribution in [2.24, 2.45) is 5.92 Å². The maximum Gasteiger partial charge on any atom is 0.241 e. The second-order valence-corrected chi connectivity index (χ2v) is 12.8. The first kappa shape index (κ1) is 26.9. The number of sulfonamides is 1. The molecule has 7 heteroatoms. The first-order valence-electron chi connectivity index (χ1n) is 13.9. The summed E-state index contributed by atoms with van der Waals surface area (Å²) in [5.74, 6) is -0.301. The normalized spacial score (nSPS) is 19.8. The van der Waals surface area contributed by atoms with E-state index in [0.717, 1.165) is 61.7 Å². The van der Waals surface area contributed by atoms with Crippen LogP contribution in [0, 0.1) is 12.8 Å². The molecule has 0 saturated carbocycles. The van der Waals surface area contributed by atoms with Crippen LogP contribution in [0.1, 0.15) is 62.3 Å². The number of carbonyl (C=O) groups is 1. The summed E-state index contributed by atoms with van der Waals surface area (Å²) in [6.07, 6.45) is 4.41. The number of fused-ring (bicyclic) bond motifs is 2. The molecule has 1 aliphatic heterocycles.